The fourth-order valence-electron chi connectivity index (χ4n) is 2.41. The predicted octanol–water partition coefficient (Wildman–Crippen LogP) is 2.87. The molecule has 0 spiro atoms. The van der Waals surface area contributed by atoms with Crippen LogP contribution in [0.1, 0.15) is 24.8 Å². The molecule has 4 heteroatoms. The number of carbonyl (C=O) groups is 1. The zero-order valence-corrected chi connectivity index (χ0v) is 12.5. The lowest BCUT2D eigenvalue weighted by molar-refractivity contribution is -0.133. The van der Waals surface area contributed by atoms with Gasteiger partial charge in [0, 0.05) is 18.7 Å². The minimum absolute atomic E-state index is 0.525. The van der Waals surface area contributed by atoms with Gasteiger partial charge < -0.3 is 9.84 Å². The summed E-state index contributed by atoms with van der Waals surface area (Å²) in [4.78, 5) is 13.1. The van der Waals surface area contributed by atoms with E-state index < -0.39 is 5.97 Å². The van der Waals surface area contributed by atoms with E-state index in [-0.39, 0.29) is 0 Å². The van der Waals surface area contributed by atoms with Gasteiger partial charge in [-0.1, -0.05) is 23.8 Å². The summed E-state index contributed by atoms with van der Waals surface area (Å²) >= 11 is 0. The molecule has 1 N–H and O–H groups in total. The molecule has 0 aliphatic carbocycles. The Morgan fingerprint density at radius 3 is 2.76 bits per heavy atom. The van der Waals surface area contributed by atoms with Gasteiger partial charge in [0.25, 0.3) is 0 Å². The van der Waals surface area contributed by atoms with Gasteiger partial charge in [-0.2, -0.15) is 0 Å². The smallest absolute Gasteiger partial charge is 0.332 e. The van der Waals surface area contributed by atoms with Crippen LogP contribution in [0.4, 0.5) is 0 Å². The van der Waals surface area contributed by atoms with Crippen molar-refractivity contribution in [3.8, 4) is 5.75 Å². The lowest BCUT2D eigenvalue weighted by Gasteiger charge is -2.25. The molecule has 0 saturated heterocycles. The number of ether oxygens (including phenoxy) is 1. The van der Waals surface area contributed by atoms with E-state index in [0.717, 1.165) is 38.1 Å². The number of rotatable bonds is 7. The van der Waals surface area contributed by atoms with Crippen LogP contribution in [-0.2, 0) is 4.79 Å². The molecular formula is C17H23NO3. The molecule has 2 rings (SSSR count). The van der Waals surface area contributed by atoms with Crippen LogP contribution in [0.2, 0.25) is 0 Å². The second kappa shape index (κ2) is 7.84. The molecule has 0 atom stereocenters. The molecule has 1 aliphatic rings. The molecule has 114 valence electrons. The third-order valence-corrected chi connectivity index (χ3v) is 3.66. The predicted molar refractivity (Wildman–Crippen MR) is 82.7 cm³/mol. The Bertz CT molecular complexity index is 493. The van der Waals surface area contributed by atoms with Gasteiger partial charge in [-0.3, -0.25) is 4.90 Å². The van der Waals surface area contributed by atoms with Crippen molar-refractivity contribution in [1.29, 1.82) is 0 Å². The van der Waals surface area contributed by atoms with Crippen LogP contribution in [0, 0.1) is 6.92 Å². The van der Waals surface area contributed by atoms with E-state index in [4.69, 9.17) is 9.84 Å². The number of aryl methyl sites for hydroxylation is 1. The Balaban J connectivity index is 1.61. The molecule has 0 radical (unpaired) electrons. The maximum atomic E-state index is 10.9. The molecule has 0 unspecified atom stereocenters. The molecule has 1 aliphatic heterocycles. The van der Waals surface area contributed by atoms with Crippen LogP contribution in [0.5, 0.6) is 5.75 Å². The molecule has 1 aromatic carbocycles. The largest absolute Gasteiger partial charge is 0.494 e. The summed E-state index contributed by atoms with van der Waals surface area (Å²) < 4.78 is 5.69. The topological polar surface area (TPSA) is 49.8 Å². The van der Waals surface area contributed by atoms with Gasteiger partial charge >= 0.3 is 5.97 Å². The zero-order chi connectivity index (χ0) is 15.1. The normalized spacial score (nSPS) is 15.6. The first-order valence-electron chi connectivity index (χ1n) is 7.49. The molecule has 0 saturated carbocycles. The van der Waals surface area contributed by atoms with E-state index in [2.05, 4.69) is 11.8 Å². The summed E-state index contributed by atoms with van der Waals surface area (Å²) in [5.74, 6) is 0.122. The highest BCUT2D eigenvalue weighted by Gasteiger charge is 2.16. The third-order valence-electron chi connectivity index (χ3n) is 3.66. The van der Waals surface area contributed by atoms with Crippen molar-refractivity contribution in [2.75, 3.05) is 26.2 Å². The molecule has 21 heavy (non-hydrogen) atoms. The first-order valence-corrected chi connectivity index (χ1v) is 7.49. The van der Waals surface area contributed by atoms with Crippen molar-refractivity contribution in [2.24, 2.45) is 0 Å². The summed E-state index contributed by atoms with van der Waals surface area (Å²) in [5.41, 5.74) is 1.76. The fraction of sp³-hybridized carbons (Fsp3) is 0.471. The Morgan fingerprint density at radius 1 is 1.29 bits per heavy atom. The molecule has 0 bridgehead atoms. The Kier molecular flexibility index (Phi) is 5.81. The van der Waals surface area contributed by atoms with E-state index >= 15 is 0 Å². The lowest BCUT2D eigenvalue weighted by atomic mass is 10.1. The van der Waals surface area contributed by atoms with Crippen molar-refractivity contribution in [3.05, 3.63) is 41.5 Å². The second-order valence-corrected chi connectivity index (χ2v) is 5.47. The lowest BCUT2D eigenvalue weighted by Crippen LogP contribution is -2.33. The van der Waals surface area contributed by atoms with Crippen molar-refractivity contribution in [1.82, 2.24) is 4.90 Å². The summed E-state index contributed by atoms with van der Waals surface area (Å²) in [5, 5.41) is 9.00. The standard InChI is InChI=1S/C17H23NO3/c1-14-6-8-16(9-7-14)21-12-3-2-10-18-11-4-5-15(13-18)17(19)20/h5-9H,2-4,10-13H2,1H3,(H,19,20). The van der Waals surface area contributed by atoms with E-state index in [9.17, 15) is 4.79 Å². The van der Waals surface area contributed by atoms with Crippen LogP contribution >= 0.6 is 0 Å². The molecule has 0 aromatic heterocycles. The summed E-state index contributed by atoms with van der Waals surface area (Å²) in [6.07, 6.45) is 4.68. The van der Waals surface area contributed by atoms with Gasteiger partial charge in [0.05, 0.1) is 6.61 Å². The molecule has 1 aromatic rings. The van der Waals surface area contributed by atoms with Crippen molar-refractivity contribution in [2.45, 2.75) is 26.2 Å². The van der Waals surface area contributed by atoms with Crippen molar-refractivity contribution >= 4 is 5.97 Å². The highest BCUT2D eigenvalue weighted by molar-refractivity contribution is 5.87. The number of benzene rings is 1. The van der Waals surface area contributed by atoms with Gasteiger partial charge in [0.15, 0.2) is 0 Å². The monoisotopic (exact) mass is 289 g/mol. The maximum absolute atomic E-state index is 10.9. The first kappa shape index (κ1) is 15.6. The number of nitrogens with zero attached hydrogens (tertiary/aromatic N) is 1. The molecular weight excluding hydrogens is 266 g/mol. The van der Waals surface area contributed by atoms with Gasteiger partial charge in [-0.05, 0) is 44.9 Å². The number of carboxylic acid groups (broad SMARTS) is 1. The number of carboxylic acids is 1. The van der Waals surface area contributed by atoms with Gasteiger partial charge in [0.2, 0.25) is 0 Å². The number of unbranched alkanes of at least 4 members (excludes halogenated alkanes) is 1. The molecule has 4 nitrogen and oxygen atoms in total. The van der Waals surface area contributed by atoms with Crippen LogP contribution in [-0.4, -0.2) is 42.2 Å². The minimum Gasteiger partial charge on any atom is -0.494 e. The van der Waals surface area contributed by atoms with Crippen molar-refractivity contribution in [3.63, 3.8) is 0 Å². The van der Waals surface area contributed by atoms with Crippen LogP contribution in [0.25, 0.3) is 0 Å². The Morgan fingerprint density at radius 2 is 2.05 bits per heavy atom. The fourth-order valence-corrected chi connectivity index (χ4v) is 2.41. The highest BCUT2D eigenvalue weighted by Crippen LogP contribution is 2.13. The first-order chi connectivity index (χ1) is 10.1. The Labute approximate surface area is 126 Å². The minimum atomic E-state index is -0.789. The maximum Gasteiger partial charge on any atom is 0.332 e. The zero-order valence-electron chi connectivity index (χ0n) is 12.5. The van der Waals surface area contributed by atoms with Crippen LogP contribution < -0.4 is 4.74 Å². The summed E-state index contributed by atoms with van der Waals surface area (Å²) in [6, 6.07) is 8.07. The number of aliphatic carboxylic acids is 1. The van der Waals surface area contributed by atoms with Crippen molar-refractivity contribution < 1.29 is 14.6 Å². The van der Waals surface area contributed by atoms with Crippen LogP contribution in [0.15, 0.2) is 35.9 Å². The Hall–Kier alpha value is -1.81. The summed E-state index contributed by atoms with van der Waals surface area (Å²) in [6.45, 7) is 5.21. The van der Waals surface area contributed by atoms with Crippen LogP contribution in [0.3, 0.4) is 0 Å². The summed E-state index contributed by atoms with van der Waals surface area (Å²) in [7, 11) is 0. The van der Waals surface area contributed by atoms with E-state index in [0.29, 0.717) is 18.7 Å². The third kappa shape index (κ3) is 5.23. The SMILES string of the molecule is Cc1ccc(OCCCCN2CCC=C(C(=O)O)C2)cc1. The van der Waals surface area contributed by atoms with E-state index in [1.807, 2.05) is 30.3 Å². The number of hydrogen-bond donors (Lipinski definition) is 1. The molecule has 0 amide bonds. The average molecular weight is 289 g/mol. The van der Waals surface area contributed by atoms with E-state index in [1.165, 1.54) is 5.56 Å². The number of hydrogen-bond acceptors (Lipinski definition) is 3. The molecule has 0 fully saturated rings. The van der Waals surface area contributed by atoms with Gasteiger partial charge in [-0.25, -0.2) is 4.79 Å². The van der Waals surface area contributed by atoms with E-state index in [1.54, 1.807) is 0 Å². The quantitative estimate of drug-likeness (QED) is 0.784. The molecule has 1 heterocycles. The van der Waals surface area contributed by atoms with Gasteiger partial charge in [-0.15, -0.1) is 0 Å². The highest BCUT2D eigenvalue weighted by atomic mass is 16.5. The van der Waals surface area contributed by atoms with Gasteiger partial charge in [0.1, 0.15) is 5.75 Å². The second-order valence-electron chi connectivity index (χ2n) is 5.47. The average Bonchev–Trinajstić information content (AvgIpc) is 2.49.